The molecule has 1 aliphatic rings. The highest BCUT2D eigenvalue weighted by Gasteiger charge is 2.26. The van der Waals surface area contributed by atoms with Crippen molar-refractivity contribution in [3.63, 3.8) is 0 Å². The third-order valence-electron chi connectivity index (χ3n) is 4.60. The quantitative estimate of drug-likeness (QED) is 0.683. The van der Waals surface area contributed by atoms with Crippen molar-refractivity contribution in [3.05, 3.63) is 60.3 Å². The molecule has 136 valence electrons. The zero-order valence-corrected chi connectivity index (χ0v) is 15.2. The van der Waals surface area contributed by atoms with Gasteiger partial charge >= 0.3 is 0 Å². The molecule has 7 nitrogen and oxygen atoms in total. The number of nitrogens with zero attached hydrogens (tertiary/aromatic N) is 6. The smallest absolute Gasteiger partial charge is 0.213 e. The fourth-order valence-corrected chi connectivity index (χ4v) is 3.32. The van der Waals surface area contributed by atoms with Crippen molar-refractivity contribution < 1.29 is 4.74 Å². The molecule has 26 heavy (non-hydrogen) atoms. The first kappa shape index (κ1) is 16.8. The minimum absolute atomic E-state index is 0.163. The second-order valence-electron chi connectivity index (χ2n) is 6.99. The fraction of sp³-hybridized carbons (Fsp3) is 0.421. The van der Waals surface area contributed by atoms with Gasteiger partial charge in [0.15, 0.2) is 0 Å². The molecule has 0 saturated carbocycles. The molecule has 0 N–H and O–H groups in total. The maximum Gasteiger partial charge on any atom is 0.213 e. The highest BCUT2D eigenvalue weighted by Crippen LogP contribution is 2.23. The van der Waals surface area contributed by atoms with E-state index in [1.807, 2.05) is 35.3 Å². The zero-order chi connectivity index (χ0) is 17.9. The van der Waals surface area contributed by atoms with Gasteiger partial charge in [0.2, 0.25) is 5.88 Å². The maximum absolute atomic E-state index is 5.89. The van der Waals surface area contributed by atoms with E-state index < -0.39 is 0 Å². The van der Waals surface area contributed by atoms with Crippen LogP contribution < -0.4 is 4.74 Å². The van der Waals surface area contributed by atoms with Crippen LogP contribution in [-0.2, 0) is 13.1 Å². The number of fused-ring (bicyclic) bond motifs is 1. The largest absolute Gasteiger partial charge is 0.475 e. The molecular formula is C19H24N6O. The van der Waals surface area contributed by atoms with Crippen LogP contribution in [0.4, 0.5) is 0 Å². The van der Waals surface area contributed by atoms with Crippen molar-refractivity contribution in [2.45, 2.75) is 39.0 Å². The molecule has 0 radical (unpaired) electrons. The van der Waals surface area contributed by atoms with Crippen molar-refractivity contribution in [2.24, 2.45) is 0 Å². The predicted molar refractivity (Wildman–Crippen MR) is 97.7 cm³/mol. The van der Waals surface area contributed by atoms with Gasteiger partial charge in [-0.2, -0.15) is 10.2 Å². The summed E-state index contributed by atoms with van der Waals surface area (Å²) in [5.41, 5.74) is 2.44. The molecule has 7 heteroatoms. The Balaban J connectivity index is 1.45. The zero-order valence-electron chi connectivity index (χ0n) is 15.2. The van der Waals surface area contributed by atoms with E-state index >= 15 is 0 Å². The Labute approximate surface area is 153 Å². The van der Waals surface area contributed by atoms with Crippen LogP contribution in [0.1, 0.15) is 37.2 Å². The topological polar surface area (TPSA) is 61.0 Å². The SMILES string of the molecule is CC(C)n1cc(CN2Cc3ccnn3[C@@H](COc3ccccn3)C2)cn1. The lowest BCUT2D eigenvalue weighted by Gasteiger charge is -2.33. The van der Waals surface area contributed by atoms with Gasteiger partial charge in [0, 0.05) is 55.9 Å². The van der Waals surface area contributed by atoms with E-state index in [0.29, 0.717) is 18.5 Å². The van der Waals surface area contributed by atoms with E-state index in [0.717, 1.165) is 19.6 Å². The molecule has 4 rings (SSSR count). The third kappa shape index (κ3) is 3.62. The molecule has 1 aliphatic heterocycles. The second-order valence-corrected chi connectivity index (χ2v) is 6.99. The van der Waals surface area contributed by atoms with Crippen molar-refractivity contribution in [3.8, 4) is 5.88 Å². The highest BCUT2D eigenvalue weighted by atomic mass is 16.5. The molecule has 0 saturated heterocycles. The van der Waals surface area contributed by atoms with Crippen LogP contribution in [0.5, 0.6) is 5.88 Å². The monoisotopic (exact) mass is 352 g/mol. The van der Waals surface area contributed by atoms with Gasteiger partial charge in [0.05, 0.1) is 17.9 Å². The molecule has 0 spiro atoms. The predicted octanol–water partition coefficient (Wildman–Crippen LogP) is 2.69. The molecule has 0 unspecified atom stereocenters. The Bertz CT molecular complexity index is 841. The molecule has 3 aromatic heterocycles. The summed E-state index contributed by atoms with van der Waals surface area (Å²) in [6, 6.07) is 8.32. The average molecular weight is 352 g/mol. The lowest BCUT2D eigenvalue weighted by Crippen LogP contribution is -2.39. The third-order valence-corrected chi connectivity index (χ3v) is 4.60. The highest BCUT2D eigenvalue weighted by molar-refractivity contribution is 5.11. The number of aromatic nitrogens is 5. The Morgan fingerprint density at radius 3 is 2.88 bits per heavy atom. The Morgan fingerprint density at radius 1 is 1.19 bits per heavy atom. The molecule has 0 fully saturated rings. The molecule has 4 heterocycles. The van der Waals surface area contributed by atoms with E-state index in [9.17, 15) is 0 Å². The van der Waals surface area contributed by atoms with Gasteiger partial charge in [-0.3, -0.25) is 14.3 Å². The van der Waals surface area contributed by atoms with Crippen molar-refractivity contribution in [1.82, 2.24) is 29.4 Å². The number of rotatable bonds is 6. The summed E-state index contributed by atoms with van der Waals surface area (Å²) >= 11 is 0. The summed E-state index contributed by atoms with van der Waals surface area (Å²) < 4.78 is 9.98. The van der Waals surface area contributed by atoms with Crippen LogP contribution in [0.2, 0.25) is 0 Å². The van der Waals surface area contributed by atoms with Gasteiger partial charge in [0.1, 0.15) is 6.61 Å². The maximum atomic E-state index is 5.89. The summed E-state index contributed by atoms with van der Waals surface area (Å²) in [4.78, 5) is 6.66. The number of pyridine rings is 1. The first-order valence-electron chi connectivity index (χ1n) is 9.00. The van der Waals surface area contributed by atoms with Crippen molar-refractivity contribution >= 4 is 0 Å². The van der Waals surface area contributed by atoms with Gasteiger partial charge in [-0.25, -0.2) is 4.98 Å². The van der Waals surface area contributed by atoms with Crippen LogP contribution in [-0.4, -0.2) is 42.6 Å². The summed E-state index contributed by atoms with van der Waals surface area (Å²) in [5.74, 6) is 0.650. The van der Waals surface area contributed by atoms with Gasteiger partial charge in [0.25, 0.3) is 0 Å². The Morgan fingerprint density at radius 2 is 2.12 bits per heavy atom. The van der Waals surface area contributed by atoms with Crippen LogP contribution >= 0.6 is 0 Å². The van der Waals surface area contributed by atoms with Crippen LogP contribution in [0.25, 0.3) is 0 Å². The van der Waals surface area contributed by atoms with Crippen LogP contribution in [0.15, 0.2) is 49.1 Å². The Hall–Kier alpha value is -2.67. The second kappa shape index (κ2) is 7.29. The normalized spacial score (nSPS) is 17.4. The van der Waals surface area contributed by atoms with Gasteiger partial charge in [-0.1, -0.05) is 6.07 Å². The van der Waals surface area contributed by atoms with Gasteiger partial charge in [-0.05, 0) is 26.0 Å². The first-order valence-corrected chi connectivity index (χ1v) is 9.00. The summed E-state index contributed by atoms with van der Waals surface area (Å²) in [5, 5.41) is 8.94. The van der Waals surface area contributed by atoms with Crippen molar-refractivity contribution in [2.75, 3.05) is 13.2 Å². The molecule has 0 amide bonds. The number of hydrogen-bond acceptors (Lipinski definition) is 5. The van der Waals surface area contributed by atoms with Crippen LogP contribution in [0, 0.1) is 0 Å². The number of hydrogen-bond donors (Lipinski definition) is 0. The standard InChI is InChI=1S/C19H24N6O/c1-15(2)24-11-16(9-22-24)10-23-12-17-6-8-21-25(17)18(13-23)14-26-19-5-3-4-7-20-19/h3-9,11,15,18H,10,12-14H2,1-2H3/t18-/m1/s1. The summed E-state index contributed by atoms with van der Waals surface area (Å²) in [6.45, 7) is 7.47. The van der Waals surface area contributed by atoms with E-state index in [1.165, 1.54) is 11.3 Å². The molecule has 0 aliphatic carbocycles. The van der Waals surface area contributed by atoms with E-state index in [-0.39, 0.29) is 6.04 Å². The van der Waals surface area contributed by atoms with Gasteiger partial charge < -0.3 is 4.74 Å². The Kier molecular flexibility index (Phi) is 4.71. The molecule has 0 aromatic carbocycles. The molecular weight excluding hydrogens is 328 g/mol. The summed E-state index contributed by atoms with van der Waals surface area (Å²) in [6.07, 6.45) is 7.71. The lowest BCUT2D eigenvalue weighted by molar-refractivity contribution is 0.125. The van der Waals surface area contributed by atoms with E-state index in [4.69, 9.17) is 4.74 Å². The minimum Gasteiger partial charge on any atom is -0.475 e. The minimum atomic E-state index is 0.163. The summed E-state index contributed by atoms with van der Waals surface area (Å²) in [7, 11) is 0. The molecule has 3 aromatic rings. The average Bonchev–Trinajstić information content (AvgIpc) is 3.30. The lowest BCUT2D eigenvalue weighted by atomic mass is 10.2. The van der Waals surface area contributed by atoms with Crippen LogP contribution in [0.3, 0.4) is 0 Å². The van der Waals surface area contributed by atoms with E-state index in [1.54, 1.807) is 6.20 Å². The fourth-order valence-electron chi connectivity index (χ4n) is 3.32. The van der Waals surface area contributed by atoms with E-state index in [2.05, 4.69) is 50.9 Å². The number of ether oxygens (including phenoxy) is 1. The first-order chi connectivity index (χ1) is 12.7. The van der Waals surface area contributed by atoms with Gasteiger partial charge in [-0.15, -0.1) is 0 Å². The molecule has 0 bridgehead atoms. The molecule has 1 atom stereocenters. The van der Waals surface area contributed by atoms with Crippen molar-refractivity contribution in [1.29, 1.82) is 0 Å².